The van der Waals surface area contributed by atoms with E-state index in [0.29, 0.717) is 6.54 Å². The van der Waals surface area contributed by atoms with E-state index in [2.05, 4.69) is 25.1 Å². The lowest BCUT2D eigenvalue weighted by Gasteiger charge is -2.34. The van der Waals surface area contributed by atoms with Crippen molar-refractivity contribution in [1.29, 1.82) is 0 Å². The van der Waals surface area contributed by atoms with Crippen LogP contribution in [0.15, 0.2) is 18.5 Å². The van der Waals surface area contributed by atoms with Gasteiger partial charge in [-0.3, -0.25) is 9.69 Å². The van der Waals surface area contributed by atoms with Gasteiger partial charge >= 0.3 is 0 Å². The minimum atomic E-state index is -0.410. The summed E-state index contributed by atoms with van der Waals surface area (Å²) in [5, 5.41) is 2.94. The molecule has 0 bridgehead atoms. The zero-order valence-electron chi connectivity index (χ0n) is 14.5. The maximum absolute atomic E-state index is 11.9. The van der Waals surface area contributed by atoms with Crippen LogP contribution >= 0.6 is 12.4 Å². The minimum absolute atomic E-state index is 0. The molecule has 1 fully saturated rings. The van der Waals surface area contributed by atoms with Crippen LogP contribution in [-0.2, 0) is 4.79 Å². The topological polar surface area (TPSA) is 87.4 Å². The molecule has 0 saturated carbocycles. The third kappa shape index (κ3) is 5.89. The van der Waals surface area contributed by atoms with Crippen LogP contribution in [0.1, 0.15) is 20.3 Å². The van der Waals surface area contributed by atoms with Crippen molar-refractivity contribution in [2.24, 2.45) is 11.7 Å². The van der Waals surface area contributed by atoms with Gasteiger partial charge in [-0.25, -0.2) is 9.97 Å². The van der Waals surface area contributed by atoms with Crippen molar-refractivity contribution in [2.75, 3.05) is 44.2 Å². The SMILES string of the molecule is CCC(C)C(N)C(=O)NCCN1CCN(c2ncccn2)CC1.Cl. The monoisotopic (exact) mass is 356 g/mol. The normalized spacial score (nSPS) is 17.7. The van der Waals surface area contributed by atoms with Crippen LogP contribution in [0.4, 0.5) is 5.95 Å². The smallest absolute Gasteiger partial charge is 0.237 e. The van der Waals surface area contributed by atoms with Crippen LogP contribution in [0, 0.1) is 5.92 Å². The van der Waals surface area contributed by atoms with Gasteiger partial charge in [0.15, 0.2) is 0 Å². The van der Waals surface area contributed by atoms with Gasteiger partial charge in [-0.1, -0.05) is 20.3 Å². The Morgan fingerprint density at radius 1 is 1.29 bits per heavy atom. The summed E-state index contributed by atoms with van der Waals surface area (Å²) in [6.07, 6.45) is 4.45. The second-order valence-corrected chi connectivity index (χ2v) is 6.08. The summed E-state index contributed by atoms with van der Waals surface area (Å²) in [4.78, 5) is 25.0. The van der Waals surface area contributed by atoms with Crippen molar-refractivity contribution in [3.8, 4) is 0 Å². The fourth-order valence-electron chi connectivity index (χ4n) is 2.59. The number of nitrogens with one attached hydrogen (secondary N) is 1. The summed E-state index contributed by atoms with van der Waals surface area (Å²) in [6, 6.07) is 1.42. The highest BCUT2D eigenvalue weighted by molar-refractivity contribution is 5.85. The molecule has 7 nitrogen and oxygen atoms in total. The molecule has 2 unspecified atom stereocenters. The van der Waals surface area contributed by atoms with Crippen molar-refractivity contribution in [3.63, 3.8) is 0 Å². The van der Waals surface area contributed by atoms with Crippen LogP contribution < -0.4 is 16.0 Å². The highest BCUT2D eigenvalue weighted by Crippen LogP contribution is 2.09. The van der Waals surface area contributed by atoms with Gasteiger partial charge in [0.2, 0.25) is 11.9 Å². The van der Waals surface area contributed by atoms with Crippen molar-refractivity contribution >= 4 is 24.3 Å². The lowest BCUT2D eigenvalue weighted by molar-refractivity contribution is -0.123. The third-order valence-electron chi connectivity index (χ3n) is 4.49. The molecule has 2 rings (SSSR count). The van der Waals surface area contributed by atoms with E-state index >= 15 is 0 Å². The highest BCUT2D eigenvalue weighted by Gasteiger charge is 2.21. The predicted molar refractivity (Wildman–Crippen MR) is 98.4 cm³/mol. The van der Waals surface area contributed by atoms with E-state index in [1.54, 1.807) is 12.4 Å². The average molecular weight is 357 g/mol. The first-order valence-electron chi connectivity index (χ1n) is 8.39. The fraction of sp³-hybridized carbons (Fsp3) is 0.688. The summed E-state index contributed by atoms with van der Waals surface area (Å²) >= 11 is 0. The maximum atomic E-state index is 11.9. The maximum Gasteiger partial charge on any atom is 0.237 e. The van der Waals surface area contributed by atoms with Crippen LogP contribution in [0.2, 0.25) is 0 Å². The van der Waals surface area contributed by atoms with E-state index in [1.165, 1.54) is 0 Å². The van der Waals surface area contributed by atoms with Gasteiger partial charge < -0.3 is 16.0 Å². The lowest BCUT2D eigenvalue weighted by atomic mass is 9.99. The molecule has 0 aliphatic carbocycles. The first-order valence-corrected chi connectivity index (χ1v) is 8.39. The van der Waals surface area contributed by atoms with E-state index in [4.69, 9.17) is 5.73 Å². The highest BCUT2D eigenvalue weighted by atomic mass is 35.5. The third-order valence-corrected chi connectivity index (χ3v) is 4.49. The van der Waals surface area contributed by atoms with E-state index in [-0.39, 0.29) is 24.2 Å². The zero-order valence-corrected chi connectivity index (χ0v) is 15.3. The predicted octanol–water partition coefficient (Wildman–Crippen LogP) is 0.510. The molecule has 1 aromatic heterocycles. The van der Waals surface area contributed by atoms with Gasteiger partial charge in [-0.05, 0) is 12.0 Å². The van der Waals surface area contributed by atoms with E-state index < -0.39 is 6.04 Å². The van der Waals surface area contributed by atoms with E-state index in [9.17, 15) is 4.79 Å². The van der Waals surface area contributed by atoms with Crippen LogP contribution in [0.3, 0.4) is 0 Å². The second kappa shape index (κ2) is 10.4. The number of amides is 1. The molecule has 2 heterocycles. The van der Waals surface area contributed by atoms with E-state index in [0.717, 1.165) is 45.1 Å². The quantitative estimate of drug-likeness (QED) is 0.740. The number of carbonyl (C=O) groups excluding carboxylic acids is 1. The Bertz CT molecular complexity index is 481. The molecule has 8 heteroatoms. The summed E-state index contributed by atoms with van der Waals surface area (Å²) < 4.78 is 0. The van der Waals surface area contributed by atoms with Gasteiger partial charge in [0.1, 0.15) is 0 Å². The number of carbonyl (C=O) groups is 1. The Morgan fingerprint density at radius 3 is 2.50 bits per heavy atom. The van der Waals surface area contributed by atoms with Gasteiger partial charge in [-0.2, -0.15) is 0 Å². The second-order valence-electron chi connectivity index (χ2n) is 6.08. The first kappa shape index (κ1) is 20.6. The number of halogens is 1. The fourth-order valence-corrected chi connectivity index (χ4v) is 2.59. The molecule has 2 atom stereocenters. The molecule has 1 amide bonds. The molecule has 0 radical (unpaired) electrons. The largest absolute Gasteiger partial charge is 0.353 e. The van der Waals surface area contributed by atoms with Crippen molar-refractivity contribution in [2.45, 2.75) is 26.3 Å². The van der Waals surface area contributed by atoms with Gasteiger partial charge in [0.05, 0.1) is 6.04 Å². The Kier molecular flexibility index (Phi) is 8.95. The van der Waals surface area contributed by atoms with Gasteiger partial charge in [0.25, 0.3) is 0 Å². The van der Waals surface area contributed by atoms with E-state index in [1.807, 2.05) is 19.9 Å². The van der Waals surface area contributed by atoms with Crippen molar-refractivity contribution in [3.05, 3.63) is 18.5 Å². The van der Waals surface area contributed by atoms with Crippen LogP contribution in [0.5, 0.6) is 0 Å². The Labute approximate surface area is 150 Å². The van der Waals surface area contributed by atoms with Gasteiger partial charge in [0, 0.05) is 51.7 Å². The molecule has 24 heavy (non-hydrogen) atoms. The number of piperazine rings is 1. The molecule has 0 spiro atoms. The summed E-state index contributed by atoms with van der Waals surface area (Å²) in [5.74, 6) is 0.958. The summed E-state index contributed by atoms with van der Waals surface area (Å²) in [7, 11) is 0. The Hall–Kier alpha value is -1.44. The molecular weight excluding hydrogens is 328 g/mol. The summed E-state index contributed by atoms with van der Waals surface area (Å²) in [6.45, 7) is 9.27. The Balaban J connectivity index is 0.00000288. The molecule has 1 aliphatic heterocycles. The first-order chi connectivity index (χ1) is 11.1. The Morgan fingerprint density at radius 2 is 1.92 bits per heavy atom. The zero-order chi connectivity index (χ0) is 16.7. The number of anilines is 1. The number of rotatable bonds is 7. The molecule has 1 saturated heterocycles. The molecule has 1 aliphatic rings. The molecule has 3 N–H and O–H groups in total. The van der Waals surface area contributed by atoms with Crippen LogP contribution in [-0.4, -0.2) is 66.1 Å². The minimum Gasteiger partial charge on any atom is -0.353 e. The molecule has 1 aromatic rings. The summed E-state index contributed by atoms with van der Waals surface area (Å²) in [5.41, 5.74) is 5.93. The number of hydrogen-bond donors (Lipinski definition) is 2. The standard InChI is InChI=1S/C16H28N6O.ClH/c1-3-13(2)14(17)15(23)18-7-8-21-9-11-22(12-10-21)16-19-5-4-6-20-16;/h4-6,13-14H,3,7-12,17H2,1-2H3,(H,18,23);1H. The molecule has 0 aromatic carbocycles. The van der Waals surface area contributed by atoms with Gasteiger partial charge in [-0.15, -0.1) is 12.4 Å². The van der Waals surface area contributed by atoms with Crippen molar-refractivity contribution < 1.29 is 4.79 Å². The van der Waals surface area contributed by atoms with Crippen molar-refractivity contribution in [1.82, 2.24) is 20.2 Å². The number of nitrogens with two attached hydrogens (primary N) is 1. The average Bonchev–Trinajstić information content (AvgIpc) is 2.61. The van der Waals surface area contributed by atoms with Crippen LogP contribution in [0.25, 0.3) is 0 Å². The number of aromatic nitrogens is 2. The number of hydrogen-bond acceptors (Lipinski definition) is 6. The molecular formula is C16H29ClN6O. The molecule has 136 valence electrons. The lowest BCUT2D eigenvalue weighted by Crippen LogP contribution is -2.50. The number of nitrogens with zero attached hydrogens (tertiary/aromatic N) is 4.